The molecule has 0 aliphatic carbocycles. The molecule has 0 aliphatic rings. The Labute approximate surface area is 95.9 Å². The van der Waals surface area contributed by atoms with Crippen LogP contribution in [-0.2, 0) is 16.0 Å². The Morgan fingerprint density at radius 3 is 2.50 bits per heavy atom. The van der Waals surface area contributed by atoms with Gasteiger partial charge in [0.1, 0.15) is 0 Å². The third-order valence-electron chi connectivity index (χ3n) is 2.50. The zero-order valence-corrected chi connectivity index (χ0v) is 9.96. The molecule has 86 valence electrons. The van der Waals surface area contributed by atoms with Gasteiger partial charge in [0.2, 0.25) is 5.78 Å². The van der Waals surface area contributed by atoms with Gasteiger partial charge in [0.25, 0.3) is 5.91 Å². The minimum Gasteiger partial charge on any atom is -0.349 e. The van der Waals surface area contributed by atoms with Gasteiger partial charge in [0, 0.05) is 13.5 Å². The Kier molecular flexibility index (Phi) is 4.23. The van der Waals surface area contributed by atoms with Crippen molar-refractivity contribution >= 4 is 11.7 Å². The lowest BCUT2D eigenvalue weighted by Gasteiger charge is -2.07. The molecule has 0 saturated carbocycles. The minimum atomic E-state index is -0.509. The normalized spacial score (nSPS) is 9.94. The second kappa shape index (κ2) is 5.45. The van der Waals surface area contributed by atoms with E-state index in [-0.39, 0.29) is 0 Å². The number of carbonyl (C=O) groups excluding carboxylic acids is 2. The van der Waals surface area contributed by atoms with E-state index in [1.54, 1.807) is 0 Å². The fourth-order valence-electron chi connectivity index (χ4n) is 1.56. The van der Waals surface area contributed by atoms with Crippen molar-refractivity contribution in [3.8, 4) is 0 Å². The molecular weight excluding hydrogens is 202 g/mol. The van der Waals surface area contributed by atoms with Crippen LogP contribution in [0.25, 0.3) is 0 Å². The number of hydrogen-bond acceptors (Lipinski definition) is 2. The van der Waals surface area contributed by atoms with Gasteiger partial charge in [-0.15, -0.1) is 0 Å². The molecular formula is C13H17NO2. The fraction of sp³-hybridized carbons (Fsp3) is 0.385. The topological polar surface area (TPSA) is 46.2 Å². The van der Waals surface area contributed by atoms with E-state index in [1.165, 1.54) is 23.6 Å². The predicted octanol–water partition coefficient (Wildman–Crippen LogP) is 1.55. The zero-order valence-electron chi connectivity index (χ0n) is 9.96. The van der Waals surface area contributed by atoms with Gasteiger partial charge in [0.15, 0.2) is 0 Å². The van der Waals surface area contributed by atoms with Crippen molar-refractivity contribution in [1.82, 2.24) is 5.32 Å². The van der Waals surface area contributed by atoms with Crippen LogP contribution in [0.4, 0.5) is 0 Å². The second-order valence-corrected chi connectivity index (χ2v) is 3.99. The van der Waals surface area contributed by atoms with E-state index in [4.69, 9.17) is 0 Å². The van der Waals surface area contributed by atoms with Gasteiger partial charge in [0.05, 0.1) is 0 Å². The Morgan fingerprint density at radius 2 is 1.94 bits per heavy atom. The third kappa shape index (κ3) is 3.50. The van der Waals surface area contributed by atoms with Crippen molar-refractivity contribution in [2.24, 2.45) is 0 Å². The monoisotopic (exact) mass is 219 g/mol. The van der Waals surface area contributed by atoms with Crippen LogP contribution < -0.4 is 5.32 Å². The molecule has 0 aromatic heterocycles. The van der Waals surface area contributed by atoms with Crippen LogP contribution in [0.5, 0.6) is 0 Å². The van der Waals surface area contributed by atoms with Gasteiger partial charge in [-0.25, -0.2) is 0 Å². The van der Waals surface area contributed by atoms with Crippen LogP contribution in [0.3, 0.4) is 0 Å². The summed E-state index contributed by atoms with van der Waals surface area (Å²) < 4.78 is 0. The SMILES string of the molecule is CC(=O)C(=O)NCCc1ccc(C)cc1C. The number of Topliss-reactive ketones (excluding diaryl/α,β-unsaturated/α-hetero) is 1. The Hall–Kier alpha value is -1.64. The first-order valence-electron chi connectivity index (χ1n) is 5.35. The highest BCUT2D eigenvalue weighted by Crippen LogP contribution is 2.10. The number of amides is 1. The van der Waals surface area contributed by atoms with E-state index >= 15 is 0 Å². The first-order valence-corrected chi connectivity index (χ1v) is 5.35. The molecule has 0 fully saturated rings. The maximum Gasteiger partial charge on any atom is 0.287 e. The molecule has 0 unspecified atom stereocenters. The van der Waals surface area contributed by atoms with E-state index in [9.17, 15) is 9.59 Å². The van der Waals surface area contributed by atoms with Gasteiger partial charge in [-0.2, -0.15) is 0 Å². The van der Waals surface area contributed by atoms with Crippen molar-refractivity contribution in [3.63, 3.8) is 0 Å². The van der Waals surface area contributed by atoms with E-state index in [0.29, 0.717) is 6.54 Å². The van der Waals surface area contributed by atoms with Crippen molar-refractivity contribution in [2.45, 2.75) is 27.2 Å². The van der Waals surface area contributed by atoms with Crippen molar-refractivity contribution in [1.29, 1.82) is 0 Å². The number of aryl methyl sites for hydroxylation is 2. The van der Waals surface area contributed by atoms with Gasteiger partial charge >= 0.3 is 0 Å². The highest BCUT2D eigenvalue weighted by atomic mass is 16.2. The summed E-state index contributed by atoms with van der Waals surface area (Å²) in [5.74, 6) is -0.953. The molecule has 0 saturated heterocycles. The molecule has 0 bridgehead atoms. The third-order valence-corrected chi connectivity index (χ3v) is 2.50. The molecule has 1 N–H and O–H groups in total. The number of nitrogens with one attached hydrogen (secondary N) is 1. The molecule has 1 aromatic rings. The standard InChI is InChI=1S/C13H17NO2/c1-9-4-5-12(10(2)8-9)6-7-14-13(16)11(3)15/h4-5,8H,6-7H2,1-3H3,(H,14,16). The van der Waals surface area contributed by atoms with Gasteiger partial charge < -0.3 is 5.32 Å². The first-order chi connectivity index (χ1) is 7.50. The number of rotatable bonds is 4. The van der Waals surface area contributed by atoms with E-state index in [0.717, 1.165) is 6.42 Å². The second-order valence-electron chi connectivity index (χ2n) is 3.99. The summed E-state index contributed by atoms with van der Waals surface area (Å²) in [4.78, 5) is 21.7. The van der Waals surface area contributed by atoms with Crippen LogP contribution in [0.1, 0.15) is 23.6 Å². The summed E-state index contributed by atoms with van der Waals surface area (Å²) >= 11 is 0. The predicted molar refractivity (Wildman–Crippen MR) is 63.3 cm³/mol. The van der Waals surface area contributed by atoms with Crippen LogP contribution in [0.15, 0.2) is 18.2 Å². The van der Waals surface area contributed by atoms with Crippen LogP contribution in [-0.4, -0.2) is 18.2 Å². The Morgan fingerprint density at radius 1 is 1.25 bits per heavy atom. The maximum absolute atomic E-state index is 11.0. The Bertz CT molecular complexity index is 410. The molecule has 1 rings (SSSR count). The number of carbonyl (C=O) groups is 2. The van der Waals surface area contributed by atoms with E-state index in [2.05, 4.69) is 30.4 Å². The molecule has 0 atom stereocenters. The highest BCUT2D eigenvalue weighted by molar-refractivity contribution is 6.35. The lowest BCUT2D eigenvalue weighted by molar-refractivity contribution is -0.136. The summed E-state index contributed by atoms with van der Waals surface area (Å²) in [6.45, 7) is 5.87. The molecule has 0 spiro atoms. The van der Waals surface area contributed by atoms with Crippen LogP contribution >= 0.6 is 0 Å². The molecule has 1 amide bonds. The van der Waals surface area contributed by atoms with Crippen LogP contribution in [0, 0.1) is 13.8 Å². The number of benzene rings is 1. The molecule has 3 nitrogen and oxygen atoms in total. The lowest BCUT2D eigenvalue weighted by Crippen LogP contribution is -2.30. The van der Waals surface area contributed by atoms with E-state index in [1.807, 2.05) is 6.92 Å². The number of ketones is 1. The highest BCUT2D eigenvalue weighted by Gasteiger charge is 2.06. The molecule has 1 aromatic carbocycles. The summed E-state index contributed by atoms with van der Waals surface area (Å²) in [5, 5.41) is 2.58. The minimum absolute atomic E-state index is 0.444. The summed E-state index contributed by atoms with van der Waals surface area (Å²) in [6, 6.07) is 6.22. The molecule has 16 heavy (non-hydrogen) atoms. The Balaban J connectivity index is 2.49. The maximum atomic E-state index is 11.0. The van der Waals surface area contributed by atoms with Crippen LogP contribution in [0.2, 0.25) is 0 Å². The fourth-order valence-corrected chi connectivity index (χ4v) is 1.56. The van der Waals surface area contributed by atoms with E-state index < -0.39 is 11.7 Å². The smallest absolute Gasteiger partial charge is 0.287 e. The van der Waals surface area contributed by atoms with Crippen molar-refractivity contribution < 1.29 is 9.59 Å². The largest absolute Gasteiger partial charge is 0.349 e. The van der Waals surface area contributed by atoms with Gasteiger partial charge in [-0.05, 0) is 31.4 Å². The first kappa shape index (κ1) is 12.4. The molecule has 0 aliphatic heterocycles. The van der Waals surface area contributed by atoms with Gasteiger partial charge in [-0.1, -0.05) is 23.8 Å². The summed E-state index contributed by atoms with van der Waals surface area (Å²) in [7, 11) is 0. The average molecular weight is 219 g/mol. The van der Waals surface area contributed by atoms with Gasteiger partial charge in [-0.3, -0.25) is 9.59 Å². The lowest BCUT2D eigenvalue weighted by atomic mass is 10.0. The summed E-state index contributed by atoms with van der Waals surface area (Å²) in [5.41, 5.74) is 3.65. The average Bonchev–Trinajstić information content (AvgIpc) is 2.20. The molecule has 0 radical (unpaired) electrons. The zero-order chi connectivity index (χ0) is 12.1. The van der Waals surface area contributed by atoms with Crippen molar-refractivity contribution in [3.05, 3.63) is 34.9 Å². The van der Waals surface area contributed by atoms with Crippen molar-refractivity contribution in [2.75, 3.05) is 6.54 Å². The number of hydrogen-bond donors (Lipinski definition) is 1. The summed E-state index contributed by atoms with van der Waals surface area (Å²) in [6.07, 6.45) is 0.755. The quantitative estimate of drug-likeness (QED) is 0.781. The molecule has 0 heterocycles. The molecule has 3 heteroatoms.